The lowest BCUT2D eigenvalue weighted by Gasteiger charge is -2.17. The van der Waals surface area contributed by atoms with Crippen molar-refractivity contribution in [2.75, 3.05) is 0 Å². The first-order valence-corrected chi connectivity index (χ1v) is 8.79. The summed E-state index contributed by atoms with van der Waals surface area (Å²) in [6, 6.07) is 1.73. The minimum atomic E-state index is -4.28. The fourth-order valence-corrected chi connectivity index (χ4v) is 2.62. The molecule has 4 nitrogen and oxygen atoms in total. The van der Waals surface area contributed by atoms with Crippen LogP contribution in [-0.2, 0) is 13.8 Å². The van der Waals surface area contributed by atoms with Crippen molar-refractivity contribution in [3.8, 4) is 0 Å². The Morgan fingerprint density at radius 2 is 1.90 bits per heavy atom. The van der Waals surface area contributed by atoms with Gasteiger partial charge in [0.25, 0.3) is 9.05 Å². The van der Waals surface area contributed by atoms with E-state index in [1.807, 2.05) is 13.8 Å². The van der Waals surface area contributed by atoms with E-state index in [1.54, 1.807) is 6.92 Å². The molecule has 0 N–H and O–H groups in total. The molecule has 1 unspecified atom stereocenters. The molecule has 0 bridgehead atoms. The molecule has 1 rings (SSSR count). The summed E-state index contributed by atoms with van der Waals surface area (Å²) < 4.78 is 41.2. The van der Waals surface area contributed by atoms with E-state index in [0.29, 0.717) is 0 Å². The van der Waals surface area contributed by atoms with Crippen LogP contribution >= 0.6 is 26.6 Å². The van der Waals surface area contributed by atoms with Gasteiger partial charge in [-0.3, -0.25) is 0 Å². The Balaban J connectivity index is 3.22. The van der Waals surface area contributed by atoms with Crippen LogP contribution in [0, 0.1) is 11.7 Å². The lowest BCUT2D eigenvalue weighted by molar-refractivity contribution is 0.0236. The average Bonchev–Trinajstić information content (AvgIpc) is 2.26. The second-order valence-electron chi connectivity index (χ2n) is 4.55. The second kappa shape index (κ2) is 6.41. The molecular formula is C12H13BrClFO4S. The zero-order chi connectivity index (χ0) is 15.7. The quantitative estimate of drug-likeness (QED) is 0.583. The minimum absolute atomic E-state index is 0.0920. The van der Waals surface area contributed by atoms with Crippen LogP contribution < -0.4 is 0 Å². The fraction of sp³-hybridized carbons (Fsp3) is 0.417. The van der Waals surface area contributed by atoms with E-state index >= 15 is 0 Å². The molecule has 0 aliphatic heterocycles. The van der Waals surface area contributed by atoms with E-state index in [4.69, 9.17) is 15.4 Å². The van der Waals surface area contributed by atoms with Crippen molar-refractivity contribution in [1.82, 2.24) is 0 Å². The highest BCUT2D eigenvalue weighted by molar-refractivity contribution is 9.10. The molecule has 0 saturated heterocycles. The van der Waals surface area contributed by atoms with Gasteiger partial charge in [0.1, 0.15) is 16.8 Å². The topological polar surface area (TPSA) is 60.4 Å². The molecule has 0 aromatic heterocycles. The van der Waals surface area contributed by atoms with Crippen LogP contribution in [0.3, 0.4) is 0 Å². The standard InChI is InChI=1S/C12H13BrClFO4S/c1-6(2)7(3)19-12(16)8-4-11(20(14,17)18)10(15)5-9(8)13/h4-7H,1-3H3. The van der Waals surface area contributed by atoms with Crippen LogP contribution in [0.1, 0.15) is 31.1 Å². The van der Waals surface area contributed by atoms with Crippen molar-refractivity contribution in [3.05, 3.63) is 28.0 Å². The largest absolute Gasteiger partial charge is 0.459 e. The fourth-order valence-electron chi connectivity index (χ4n) is 1.24. The summed E-state index contributed by atoms with van der Waals surface area (Å²) in [6.45, 7) is 5.44. The number of hydrogen-bond donors (Lipinski definition) is 0. The maximum absolute atomic E-state index is 13.5. The van der Waals surface area contributed by atoms with E-state index in [9.17, 15) is 17.6 Å². The van der Waals surface area contributed by atoms with Gasteiger partial charge >= 0.3 is 5.97 Å². The van der Waals surface area contributed by atoms with Crippen molar-refractivity contribution in [3.63, 3.8) is 0 Å². The third kappa shape index (κ3) is 4.17. The lowest BCUT2D eigenvalue weighted by Crippen LogP contribution is -2.20. The van der Waals surface area contributed by atoms with E-state index in [0.717, 1.165) is 12.1 Å². The summed E-state index contributed by atoms with van der Waals surface area (Å²) in [5.41, 5.74) is -0.0990. The van der Waals surface area contributed by atoms with E-state index in [1.165, 1.54) is 0 Å². The average molecular weight is 388 g/mol. The van der Waals surface area contributed by atoms with Crippen LogP contribution in [0.2, 0.25) is 0 Å². The molecule has 0 aliphatic rings. The molecule has 0 heterocycles. The summed E-state index contributed by atoms with van der Waals surface area (Å²) in [5.74, 6) is -1.70. The highest BCUT2D eigenvalue weighted by Crippen LogP contribution is 2.27. The summed E-state index contributed by atoms with van der Waals surface area (Å²) in [7, 11) is 0.831. The Morgan fingerprint density at radius 1 is 1.35 bits per heavy atom. The first-order valence-electron chi connectivity index (χ1n) is 5.68. The van der Waals surface area contributed by atoms with Crippen molar-refractivity contribution in [2.24, 2.45) is 5.92 Å². The van der Waals surface area contributed by atoms with Gasteiger partial charge in [-0.05, 0) is 40.9 Å². The molecule has 0 amide bonds. The van der Waals surface area contributed by atoms with Gasteiger partial charge in [0, 0.05) is 15.2 Å². The third-order valence-electron chi connectivity index (χ3n) is 2.74. The number of hydrogen-bond acceptors (Lipinski definition) is 4. The normalized spacial score (nSPS) is 13.3. The molecular weight excluding hydrogens is 375 g/mol. The number of rotatable bonds is 4. The molecule has 0 spiro atoms. The zero-order valence-corrected chi connectivity index (χ0v) is 14.1. The van der Waals surface area contributed by atoms with Crippen molar-refractivity contribution in [2.45, 2.75) is 31.8 Å². The summed E-state index contributed by atoms with van der Waals surface area (Å²) in [6.07, 6.45) is -0.365. The molecule has 0 saturated carbocycles. The Morgan fingerprint density at radius 3 is 2.35 bits per heavy atom. The Hall–Kier alpha value is -0.660. The molecule has 20 heavy (non-hydrogen) atoms. The lowest BCUT2D eigenvalue weighted by atomic mass is 10.1. The van der Waals surface area contributed by atoms with Crippen molar-refractivity contribution in [1.29, 1.82) is 0 Å². The van der Waals surface area contributed by atoms with Gasteiger partial charge in [-0.2, -0.15) is 0 Å². The Kier molecular flexibility index (Phi) is 5.57. The molecule has 0 radical (unpaired) electrons. The molecule has 1 atom stereocenters. The predicted octanol–water partition coefficient (Wildman–Crippen LogP) is 3.72. The van der Waals surface area contributed by atoms with E-state index in [2.05, 4.69) is 15.9 Å². The van der Waals surface area contributed by atoms with Gasteiger partial charge in [-0.15, -0.1) is 0 Å². The van der Waals surface area contributed by atoms with Crippen molar-refractivity contribution >= 4 is 41.6 Å². The first-order chi connectivity index (χ1) is 9.04. The first kappa shape index (κ1) is 17.4. The van der Waals surface area contributed by atoms with E-state index < -0.39 is 25.7 Å². The maximum Gasteiger partial charge on any atom is 0.339 e. The van der Waals surface area contributed by atoms with Gasteiger partial charge in [-0.25, -0.2) is 17.6 Å². The van der Waals surface area contributed by atoms with Gasteiger partial charge < -0.3 is 4.74 Å². The predicted molar refractivity (Wildman–Crippen MR) is 76.9 cm³/mol. The summed E-state index contributed by atoms with van der Waals surface area (Å²) >= 11 is 3.00. The molecule has 1 aromatic rings. The number of carbonyl (C=O) groups excluding carboxylic acids is 1. The number of halogens is 3. The number of benzene rings is 1. The minimum Gasteiger partial charge on any atom is -0.459 e. The maximum atomic E-state index is 13.5. The van der Waals surface area contributed by atoms with Crippen LogP contribution in [0.5, 0.6) is 0 Å². The zero-order valence-electron chi connectivity index (χ0n) is 11.0. The SMILES string of the molecule is CC(C)C(C)OC(=O)c1cc(S(=O)(=O)Cl)c(F)cc1Br. The molecule has 0 fully saturated rings. The monoisotopic (exact) mass is 386 g/mol. The van der Waals surface area contributed by atoms with E-state index in [-0.39, 0.29) is 22.1 Å². The molecule has 0 aliphatic carbocycles. The van der Waals surface area contributed by atoms with Gasteiger partial charge in [0.2, 0.25) is 0 Å². The van der Waals surface area contributed by atoms with Gasteiger partial charge in [0.05, 0.1) is 5.56 Å². The van der Waals surface area contributed by atoms with Crippen LogP contribution in [0.25, 0.3) is 0 Å². The van der Waals surface area contributed by atoms with Gasteiger partial charge in [0.15, 0.2) is 0 Å². The second-order valence-corrected chi connectivity index (χ2v) is 7.94. The van der Waals surface area contributed by atoms with Crippen molar-refractivity contribution < 1.29 is 22.3 Å². The van der Waals surface area contributed by atoms with Crippen LogP contribution in [0.4, 0.5) is 4.39 Å². The highest BCUT2D eigenvalue weighted by atomic mass is 79.9. The Labute approximate surface area is 129 Å². The number of carbonyl (C=O) groups is 1. The summed E-state index contributed by atoms with van der Waals surface area (Å²) in [4.78, 5) is 11.2. The molecule has 112 valence electrons. The highest BCUT2D eigenvalue weighted by Gasteiger charge is 2.23. The smallest absolute Gasteiger partial charge is 0.339 e. The summed E-state index contributed by atoms with van der Waals surface area (Å²) in [5, 5.41) is 0. The molecule has 1 aromatic carbocycles. The number of esters is 1. The Bertz CT molecular complexity index is 631. The number of ether oxygens (including phenoxy) is 1. The van der Waals surface area contributed by atoms with Gasteiger partial charge in [-0.1, -0.05) is 13.8 Å². The molecule has 8 heteroatoms. The third-order valence-corrected chi connectivity index (χ3v) is 4.73. The van der Waals surface area contributed by atoms with Crippen LogP contribution in [0.15, 0.2) is 21.5 Å². The van der Waals surface area contributed by atoms with Crippen LogP contribution in [-0.4, -0.2) is 20.5 Å².